The van der Waals surface area contributed by atoms with Gasteiger partial charge in [0.1, 0.15) is 0 Å². The van der Waals surface area contributed by atoms with Gasteiger partial charge in [0.25, 0.3) is 0 Å². The monoisotopic (exact) mass is 209 g/mol. The molecule has 2 aliphatic carbocycles. The van der Waals surface area contributed by atoms with E-state index in [0.29, 0.717) is 5.96 Å². The third-order valence-electron chi connectivity index (χ3n) is 3.78. The highest BCUT2D eigenvalue weighted by Gasteiger charge is 2.44. The minimum Gasteiger partial charge on any atom is -0.370 e. The Balaban J connectivity index is 1.61. The molecule has 0 aromatic carbocycles. The number of nitrogens with zero attached hydrogens (tertiary/aromatic N) is 1. The summed E-state index contributed by atoms with van der Waals surface area (Å²) in [6, 6.07) is 0. The van der Waals surface area contributed by atoms with E-state index in [2.05, 4.69) is 17.2 Å². The van der Waals surface area contributed by atoms with Crippen LogP contribution in [0.25, 0.3) is 0 Å². The number of aliphatic imine (C=N–C) groups is 1. The lowest BCUT2D eigenvalue weighted by atomic mass is 9.81. The number of nitrogens with one attached hydrogen (secondary N) is 1. The molecule has 3 heteroatoms. The van der Waals surface area contributed by atoms with Crippen LogP contribution in [0.15, 0.2) is 4.99 Å². The van der Waals surface area contributed by atoms with Crippen molar-refractivity contribution >= 4 is 5.96 Å². The Morgan fingerprint density at radius 2 is 2.27 bits per heavy atom. The first-order valence-corrected chi connectivity index (χ1v) is 6.35. The maximum absolute atomic E-state index is 5.74. The van der Waals surface area contributed by atoms with Gasteiger partial charge in [0.15, 0.2) is 5.96 Å². The topological polar surface area (TPSA) is 50.4 Å². The van der Waals surface area contributed by atoms with E-state index in [-0.39, 0.29) is 0 Å². The van der Waals surface area contributed by atoms with Crippen molar-refractivity contribution < 1.29 is 0 Å². The molecule has 0 spiro atoms. The molecule has 0 amide bonds. The molecule has 2 fully saturated rings. The van der Waals surface area contributed by atoms with Crippen LogP contribution in [0.3, 0.4) is 0 Å². The fraction of sp³-hybridized carbons (Fsp3) is 0.917. The van der Waals surface area contributed by atoms with E-state index in [1.165, 1.54) is 25.7 Å². The third-order valence-corrected chi connectivity index (χ3v) is 3.78. The van der Waals surface area contributed by atoms with Gasteiger partial charge in [-0.2, -0.15) is 0 Å². The molecule has 86 valence electrons. The zero-order valence-electron chi connectivity index (χ0n) is 9.71. The van der Waals surface area contributed by atoms with Crippen LogP contribution in [-0.4, -0.2) is 19.0 Å². The van der Waals surface area contributed by atoms with Crippen molar-refractivity contribution in [3.8, 4) is 0 Å². The number of nitrogens with two attached hydrogens (primary N) is 1. The first kappa shape index (κ1) is 10.8. The van der Waals surface area contributed by atoms with Crippen LogP contribution in [0, 0.1) is 17.8 Å². The second-order valence-electron chi connectivity index (χ2n) is 5.00. The molecule has 15 heavy (non-hydrogen) atoms. The van der Waals surface area contributed by atoms with Crippen LogP contribution in [0.1, 0.15) is 39.0 Å². The molecule has 2 aliphatic rings. The summed E-state index contributed by atoms with van der Waals surface area (Å²) >= 11 is 0. The van der Waals surface area contributed by atoms with Gasteiger partial charge >= 0.3 is 0 Å². The van der Waals surface area contributed by atoms with Gasteiger partial charge in [0, 0.05) is 13.1 Å². The summed E-state index contributed by atoms with van der Waals surface area (Å²) in [6.45, 7) is 4.02. The second kappa shape index (κ2) is 4.86. The number of hydrogen-bond donors (Lipinski definition) is 2. The van der Waals surface area contributed by atoms with E-state index < -0.39 is 0 Å². The Hall–Kier alpha value is -0.730. The van der Waals surface area contributed by atoms with Crippen molar-refractivity contribution in [3.63, 3.8) is 0 Å². The van der Waals surface area contributed by atoms with Crippen molar-refractivity contribution in [1.82, 2.24) is 5.32 Å². The molecule has 0 radical (unpaired) electrons. The van der Waals surface area contributed by atoms with Crippen molar-refractivity contribution in [3.05, 3.63) is 0 Å². The average molecular weight is 209 g/mol. The van der Waals surface area contributed by atoms with Crippen molar-refractivity contribution in [2.45, 2.75) is 39.0 Å². The quantitative estimate of drug-likeness (QED) is 0.535. The lowest BCUT2D eigenvalue weighted by Crippen LogP contribution is -2.32. The fourth-order valence-corrected chi connectivity index (χ4v) is 2.45. The summed E-state index contributed by atoms with van der Waals surface area (Å²) in [5.41, 5.74) is 5.74. The molecular weight excluding hydrogens is 186 g/mol. The van der Waals surface area contributed by atoms with E-state index in [0.717, 1.165) is 37.3 Å². The largest absolute Gasteiger partial charge is 0.370 e. The predicted molar refractivity (Wildman–Crippen MR) is 63.7 cm³/mol. The van der Waals surface area contributed by atoms with Gasteiger partial charge in [0.2, 0.25) is 0 Å². The Kier molecular flexibility index (Phi) is 3.49. The molecule has 3 N–H and O–H groups in total. The summed E-state index contributed by atoms with van der Waals surface area (Å²) in [4.78, 5) is 4.40. The molecule has 0 aromatic heterocycles. The first-order chi connectivity index (χ1) is 7.31. The second-order valence-corrected chi connectivity index (χ2v) is 5.00. The summed E-state index contributed by atoms with van der Waals surface area (Å²) < 4.78 is 0. The normalized spacial score (nSPS) is 31.1. The van der Waals surface area contributed by atoms with E-state index >= 15 is 0 Å². The van der Waals surface area contributed by atoms with Gasteiger partial charge in [-0.25, -0.2) is 0 Å². The third kappa shape index (κ3) is 2.86. The Morgan fingerprint density at radius 1 is 1.47 bits per heavy atom. The lowest BCUT2D eigenvalue weighted by Gasteiger charge is -2.25. The summed E-state index contributed by atoms with van der Waals surface area (Å²) in [5, 5.41) is 3.12. The van der Waals surface area contributed by atoms with Crippen LogP contribution >= 0.6 is 0 Å². The number of guanidine groups is 1. The fourth-order valence-electron chi connectivity index (χ4n) is 2.45. The Morgan fingerprint density at radius 3 is 2.87 bits per heavy atom. The van der Waals surface area contributed by atoms with Gasteiger partial charge in [-0.15, -0.1) is 0 Å². The smallest absolute Gasteiger partial charge is 0.188 e. The van der Waals surface area contributed by atoms with Crippen LogP contribution < -0.4 is 11.1 Å². The predicted octanol–water partition coefficient (Wildman–Crippen LogP) is 1.74. The molecule has 0 unspecified atom stereocenters. The van der Waals surface area contributed by atoms with Crippen LogP contribution in [0.2, 0.25) is 0 Å². The Bertz CT molecular complexity index is 233. The highest BCUT2D eigenvalue weighted by molar-refractivity contribution is 5.77. The average Bonchev–Trinajstić information content (AvgIpc) is 2.88. The molecule has 3 nitrogen and oxygen atoms in total. The highest BCUT2D eigenvalue weighted by atomic mass is 15.1. The molecule has 0 aromatic rings. The maximum Gasteiger partial charge on any atom is 0.188 e. The zero-order valence-corrected chi connectivity index (χ0v) is 9.71. The van der Waals surface area contributed by atoms with Crippen molar-refractivity contribution in [2.75, 3.05) is 13.1 Å². The van der Waals surface area contributed by atoms with Gasteiger partial charge in [-0.05, 0) is 30.6 Å². The van der Waals surface area contributed by atoms with E-state index in [1.54, 1.807) is 0 Å². The minimum atomic E-state index is 0.635. The molecule has 0 bridgehead atoms. The lowest BCUT2D eigenvalue weighted by molar-refractivity contribution is 0.266. The summed E-state index contributed by atoms with van der Waals surface area (Å²) in [7, 11) is 0. The maximum atomic E-state index is 5.74. The molecule has 0 heterocycles. The van der Waals surface area contributed by atoms with E-state index in [4.69, 9.17) is 5.73 Å². The van der Waals surface area contributed by atoms with Gasteiger partial charge in [-0.1, -0.05) is 26.2 Å². The van der Waals surface area contributed by atoms with Gasteiger partial charge in [-0.3, -0.25) is 4.99 Å². The number of hydrogen-bond acceptors (Lipinski definition) is 1. The van der Waals surface area contributed by atoms with Crippen LogP contribution in [0.5, 0.6) is 0 Å². The molecule has 2 atom stereocenters. The zero-order chi connectivity index (χ0) is 10.7. The van der Waals surface area contributed by atoms with Gasteiger partial charge < -0.3 is 11.1 Å². The highest BCUT2D eigenvalue weighted by Crippen LogP contribution is 2.51. The molecule has 2 saturated carbocycles. The van der Waals surface area contributed by atoms with Crippen molar-refractivity contribution in [2.24, 2.45) is 28.5 Å². The first-order valence-electron chi connectivity index (χ1n) is 6.35. The summed E-state index contributed by atoms with van der Waals surface area (Å²) in [6.07, 6.45) is 6.89. The van der Waals surface area contributed by atoms with Gasteiger partial charge in [0.05, 0.1) is 0 Å². The van der Waals surface area contributed by atoms with Crippen molar-refractivity contribution in [1.29, 1.82) is 0 Å². The van der Waals surface area contributed by atoms with Crippen LogP contribution in [0.4, 0.5) is 0 Å². The van der Waals surface area contributed by atoms with E-state index in [1.807, 2.05) is 0 Å². The standard InChI is InChI=1S/C12H23N3/c1-2-6-14-12(13)15-8-10-7-11(10)9-4-3-5-9/h9-11H,2-8H2,1H3,(H3,13,14,15)/t10-,11-/m0/s1. The minimum absolute atomic E-state index is 0.635. The molecule has 0 saturated heterocycles. The molecular formula is C12H23N3. The number of rotatable bonds is 5. The van der Waals surface area contributed by atoms with Crippen LogP contribution in [-0.2, 0) is 0 Å². The Labute approximate surface area is 92.5 Å². The van der Waals surface area contributed by atoms with E-state index in [9.17, 15) is 0 Å². The SMILES string of the molecule is CCCNC(N)=NC[C@@H]1C[C@H]1C1CCC1. The molecule has 2 rings (SSSR count). The summed E-state index contributed by atoms with van der Waals surface area (Å²) in [5.74, 6) is 3.50. The molecule has 0 aliphatic heterocycles.